The van der Waals surface area contributed by atoms with Gasteiger partial charge in [0.05, 0.1) is 7.11 Å². The van der Waals surface area contributed by atoms with Gasteiger partial charge in [0.1, 0.15) is 11.6 Å². The summed E-state index contributed by atoms with van der Waals surface area (Å²) in [5.41, 5.74) is -0.514. The number of nitrogens with zero attached hydrogens (tertiary/aromatic N) is 1. The summed E-state index contributed by atoms with van der Waals surface area (Å²) in [7, 11) is 3.07. The monoisotopic (exact) mass is 272 g/mol. The SMILES string of the molecule is COC(=O)C1CC(N(C)C(=O)OC(C)(C)C)CCN1. The van der Waals surface area contributed by atoms with Gasteiger partial charge >= 0.3 is 12.1 Å². The van der Waals surface area contributed by atoms with Crippen LogP contribution >= 0.6 is 0 Å². The van der Waals surface area contributed by atoms with Gasteiger partial charge in [-0.15, -0.1) is 0 Å². The Morgan fingerprint density at radius 1 is 1.32 bits per heavy atom. The zero-order chi connectivity index (χ0) is 14.6. The predicted molar refractivity (Wildman–Crippen MR) is 70.8 cm³/mol. The maximum atomic E-state index is 12.0. The molecule has 110 valence electrons. The lowest BCUT2D eigenvalue weighted by molar-refractivity contribution is -0.144. The third-order valence-corrected chi connectivity index (χ3v) is 3.09. The largest absolute Gasteiger partial charge is 0.468 e. The fourth-order valence-corrected chi connectivity index (χ4v) is 2.05. The molecule has 0 radical (unpaired) electrons. The predicted octanol–water partition coefficient (Wildman–Crippen LogP) is 1.15. The van der Waals surface area contributed by atoms with Gasteiger partial charge in [-0.05, 0) is 40.2 Å². The van der Waals surface area contributed by atoms with E-state index in [1.54, 1.807) is 11.9 Å². The number of nitrogens with one attached hydrogen (secondary N) is 1. The highest BCUT2D eigenvalue weighted by molar-refractivity contribution is 5.76. The summed E-state index contributed by atoms with van der Waals surface area (Å²) < 4.78 is 10.0. The molecule has 1 rings (SSSR count). The first-order chi connectivity index (χ1) is 8.74. The normalized spacial score (nSPS) is 23.6. The van der Waals surface area contributed by atoms with Crippen molar-refractivity contribution >= 4 is 12.1 Å². The number of esters is 1. The van der Waals surface area contributed by atoms with Gasteiger partial charge in [-0.1, -0.05) is 0 Å². The van der Waals surface area contributed by atoms with Gasteiger partial charge in [-0.2, -0.15) is 0 Å². The van der Waals surface area contributed by atoms with Gasteiger partial charge in [0, 0.05) is 13.1 Å². The van der Waals surface area contributed by atoms with Gasteiger partial charge in [0.15, 0.2) is 0 Å². The van der Waals surface area contributed by atoms with Crippen LogP contribution in [0, 0.1) is 0 Å². The minimum atomic E-state index is -0.514. The second-order valence-corrected chi connectivity index (χ2v) is 5.80. The van der Waals surface area contributed by atoms with E-state index in [0.717, 1.165) is 6.42 Å². The lowest BCUT2D eigenvalue weighted by atomic mass is 9.98. The summed E-state index contributed by atoms with van der Waals surface area (Å²) in [6.45, 7) is 6.17. The topological polar surface area (TPSA) is 67.9 Å². The van der Waals surface area contributed by atoms with Crippen molar-refractivity contribution in [3.63, 3.8) is 0 Å². The van der Waals surface area contributed by atoms with Crippen molar-refractivity contribution in [3.05, 3.63) is 0 Å². The second kappa shape index (κ2) is 6.23. The minimum absolute atomic E-state index is 0.0137. The van der Waals surface area contributed by atoms with Crippen molar-refractivity contribution in [1.29, 1.82) is 0 Å². The first kappa shape index (κ1) is 15.8. The average molecular weight is 272 g/mol. The van der Waals surface area contributed by atoms with Crippen LogP contribution in [0.15, 0.2) is 0 Å². The molecule has 1 heterocycles. The van der Waals surface area contributed by atoms with Crippen molar-refractivity contribution < 1.29 is 19.1 Å². The van der Waals surface area contributed by atoms with Crippen molar-refractivity contribution in [3.8, 4) is 0 Å². The van der Waals surface area contributed by atoms with Crippen LogP contribution in [0.25, 0.3) is 0 Å². The van der Waals surface area contributed by atoms with Gasteiger partial charge in [0.25, 0.3) is 0 Å². The number of methoxy groups -OCH3 is 1. The standard InChI is InChI=1S/C13H24N2O4/c1-13(2,3)19-12(17)15(4)9-6-7-14-10(8-9)11(16)18-5/h9-10,14H,6-8H2,1-5H3. The molecule has 6 nitrogen and oxygen atoms in total. The molecule has 19 heavy (non-hydrogen) atoms. The maximum absolute atomic E-state index is 12.0. The van der Waals surface area contributed by atoms with Crippen LogP contribution in [0.2, 0.25) is 0 Å². The molecule has 0 aromatic carbocycles. The Labute approximate surface area is 114 Å². The first-order valence-corrected chi connectivity index (χ1v) is 6.51. The molecule has 1 amide bonds. The van der Waals surface area contributed by atoms with Gasteiger partial charge < -0.3 is 19.7 Å². The van der Waals surface area contributed by atoms with E-state index in [-0.39, 0.29) is 24.1 Å². The van der Waals surface area contributed by atoms with Crippen LogP contribution in [0.1, 0.15) is 33.6 Å². The molecule has 1 saturated heterocycles. The Balaban J connectivity index is 2.59. The molecule has 2 unspecified atom stereocenters. The Hall–Kier alpha value is -1.30. The fraction of sp³-hybridized carbons (Fsp3) is 0.846. The number of hydrogen-bond acceptors (Lipinski definition) is 5. The molecule has 0 aromatic heterocycles. The fourth-order valence-electron chi connectivity index (χ4n) is 2.05. The molecule has 1 aliphatic rings. The Bertz CT molecular complexity index is 338. The summed E-state index contributed by atoms with van der Waals surface area (Å²) >= 11 is 0. The van der Waals surface area contributed by atoms with E-state index in [4.69, 9.17) is 9.47 Å². The Kier molecular flexibility index (Phi) is 5.17. The van der Waals surface area contributed by atoms with Crippen molar-refractivity contribution in [2.75, 3.05) is 20.7 Å². The van der Waals surface area contributed by atoms with E-state index in [9.17, 15) is 9.59 Å². The molecule has 1 fully saturated rings. The van der Waals surface area contributed by atoms with Gasteiger partial charge in [-0.25, -0.2) is 4.79 Å². The minimum Gasteiger partial charge on any atom is -0.468 e. The van der Waals surface area contributed by atoms with E-state index < -0.39 is 5.60 Å². The molecule has 0 bridgehead atoms. The number of ether oxygens (including phenoxy) is 2. The van der Waals surface area contributed by atoms with Crippen LogP contribution < -0.4 is 5.32 Å². The highest BCUT2D eigenvalue weighted by Crippen LogP contribution is 2.18. The quantitative estimate of drug-likeness (QED) is 0.764. The first-order valence-electron chi connectivity index (χ1n) is 6.51. The Morgan fingerprint density at radius 3 is 2.47 bits per heavy atom. The lowest BCUT2D eigenvalue weighted by Gasteiger charge is -2.35. The molecule has 0 aromatic rings. The van der Waals surface area contributed by atoms with Gasteiger partial charge in [0.2, 0.25) is 0 Å². The zero-order valence-corrected chi connectivity index (χ0v) is 12.4. The van der Waals surface area contributed by atoms with E-state index >= 15 is 0 Å². The average Bonchev–Trinajstić information content (AvgIpc) is 2.35. The molecule has 1 aliphatic heterocycles. The summed E-state index contributed by atoms with van der Waals surface area (Å²) in [5.74, 6) is -0.290. The third-order valence-electron chi connectivity index (χ3n) is 3.09. The number of carbonyl (C=O) groups excluding carboxylic acids is 2. The molecular formula is C13H24N2O4. The summed E-state index contributed by atoms with van der Waals surface area (Å²) in [5, 5.41) is 3.09. The van der Waals surface area contributed by atoms with Crippen LogP contribution in [-0.4, -0.2) is 55.3 Å². The molecule has 1 N–H and O–H groups in total. The van der Waals surface area contributed by atoms with Crippen LogP contribution in [0.4, 0.5) is 4.79 Å². The summed E-state index contributed by atoms with van der Waals surface area (Å²) in [4.78, 5) is 25.1. The maximum Gasteiger partial charge on any atom is 0.410 e. The number of amides is 1. The van der Waals surface area contributed by atoms with E-state index in [1.807, 2.05) is 20.8 Å². The molecule has 0 spiro atoms. The van der Waals surface area contributed by atoms with E-state index in [2.05, 4.69) is 5.32 Å². The zero-order valence-electron chi connectivity index (χ0n) is 12.4. The van der Waals surface area contributed by atoms with Crippen molar-refractivity contribution in [2.45, 2.75) is 51.3 Å². The van der Waals surface area contributed by atoms with Crippen molar-refractivity contribution in [1.82, 2.24) is 10.2 Å². The van der Waals surface area contributed by atoms with Gasteiger partial charge in [-0.3, -0.25) is 4.79 Å². The summed E-state index contributed by atoms with van der Waals surface area (Å²) in [6.07, 6.45) is 0.981. The smallest absolute Gasteiger partial charge is 0.410 e. The number of carbonyl (C=O) groups is 2. The third kappa shape index (κ3) is 4.70. The molecular weight excluding hydrogens is 248 g/mol. The molecule has 2 atom stereocenters. The van der Waals surface area contributed by atoms with Crippen LogP contribution in [0.3, 0.4) is 0 Å². The molecule has 0 saturated carbocycles. The lowest BCUT2D eigenvalue weighted by Crippen LogP contribution is -2.52. The molecule has 6 heteroatoms. The molecule has 0 aliphatic carbocycles. The highest BCUT2D eigenvalue weighted by Gasteiger charge is 2.32. The highest BCUT2D eigenvalue weighted by atomic mass is 16.6. The number of rotatable bonds is 2. The van der Waals surface area contributed by atoms with E-state index in [0.29, 0.717) is 13.0 Å². The van der Waals surface area contributed by atoms with Crippen LogP contribution in [0.5, 0.6) is 0 Å². The number of hydrogen-bond donors (Lipinski definition) is 1. The van der Waals surface area contributed by atoms with Crippen LogP contribution in [-0.2, 0) is 14.3 Å². The van der Waals surface area contributed by atoms with E-state index in [1.165, 1.54) is 7.11 Å². The Morgan fingerprint density at radius 2 is 1.95 bits per heavy atom. The second-order valence-electron chi connectivity index (χ2n) is 5.80. The van der Waals surface area contributed by atoms with Crippen molar-refractivity contribution in [2.24, 2.45) is 0 Å². The number of piperidine rings is 1. The summed E-state index contributed by atoms with van der Waals surface area (Å²) in [6, 6.07) is -0.367.